The largest absolute Gasteiger partial charge is 0.468 e. The van der Waals surface area contributed by atoms with Gasteiger partial charge in [0, 0.05) is 5.56 Å². The molecule has 0 unspecified atom stereocenters. The molecular weight excluding hydrogens is 286 g/mol. The van der Waals surface area contributed by atoms with Crippen molar-refractivity contribution in [2.75, 3.05) is 0 Å². The number of hydrogen-bond donors (Lipinski definition) is 0. The van der Waals surface area contributed by atoms with Crippen LogP contribution in [-0.4, -0.2) is 9.19 Å². The summed E-state index contributed by atoms with van der Waals surface area (Å²) in [7, 11) is -1.18. The summed E-state index contributed by atoms with van der Waals surface area (Å²) in [6.07, 6.45) is 1.55. The van der Waals surface area contributed by atoms with Crippen LogP contribution in [0.1, 0.15) is 17.2 Å². The fourth-order valence-corrected chi connectivity index (χ4v) is 3.33. The van der Waals surface area contributed by atoms with E-state index in [1.165, 1.54) is 0 Å². The molecule has 108 valence electrons. The van der Waals surface area contributed by atoms with Gasteiger partial charge in [0.1, 0.15) is 11.5 Å². The van der Waals surface area contributed by atoms with Gasteiger partial charge < -0.3 is 8.83 Å². The van der Waals surface area contributed by atoms with E-state index in [1.54, 1.807) is 19.3 Å². The molecule has 5 heteroatoms. The molecule has 0 amide bonds. The van der Waals surface area contributed by atoms with Crippen LogP contribution >= 0.6 is 0 Å². The minimum atomic E-state index is -1.18. The Kier molecular flexibility index (Phi) is 3.75. The van der Waals surface area contributed by atoms with Crippen molar-refractivity contribution in [1.82, 2.24) is 4.98 Å². The lowest BCUT2D eigenvalue weighted by molar-refractivity contribution is 0.525. The van der Waals surface area contributed by atoms with E-state index >= 15 is 0 Å². The molecule has 0 aliphatic carbocycles. The Hall–Kier alpha value is -2.14. The molecule has 0 spiro atoms. The first-order valence-electron chi connectivity index (χ1n) is 6.59. The van der Waals surface area contributed by atoms with E-state index in [9.17, 15) is 4.21 Å². The molecular formula is C16H15NO3S. The van der Waals surface area contributed by atoms with Crippen LogP contribution in [0, 0.1) is 13.8 Å². The van der Waals surface area contributed by atoms with Crippen LogP contribution in [0.5, 0.6) is 0 Å². The van der Waals surface area contributed by atoms with Crippen LogP contribution in [0.15, 0.2) is 56.4 Å². The average Bonchev–Trinajstić information content (AvgIpc) is 3.07. The molecule has 0 bridgehead atoms. The molecule has 3 aromatic rings. The van der Waals surface area contributed by atoms with Crippen molar-refractivity contribution in [3.05, 3.63) is 59.9 Å². The number of hydrogen-bond acceptors (Lipinski definition) is 4. The Labute approximate surface area is 125 Å². The second kappa shape index (κ2) is 5.69. The molecule has 1 atom stereocenters. The van der Waals surface area contributed by atoms with Crippen LogP contribution in [0.25, 0.3) is 11.5 Å². The number of aryl methyl sites for hydroxylation is 2. The van der Waals surface area contributed by atoms with Crippen LogP contribution in [-0.2, 0) is 16.6 Å². The maximum absolute atomic E-state index is 12.4. The first kappa shape index (κ1) is 13.8. The molecule has 0 N–H and O–H groups in total. The van der Waals surface area contributed by atoms with E-state index in [0.717, 1.165) is 5.56 Å². The van der Waals surface area contributed by atoms with Gasteiger partial charge in [-0.1, -0.05) is 18.2 Å². The van der Waals surface area contributed by atoms with E-state index in [0.29, 0.717) is 33.8 Å². The number of furan rings is 1. The van der Waals surface area contributed by atoms with Crippen molar-refractivity contribution in [2.24, 2.45) is 0 Å². The van der Waals surface area contributed by atoms with Crippen molar-refractivity contribution in [2.45, 2.75) is 24.5 Å². The molecule has 0 saturated heterocycles. The summed E-state index contributed by atoms with van der Waals surface area (Å²) in [5.74, 6) is 2.26. The maximum Gasteiger partial charge on any atom is 0.226 e. The number of aromatic nitrogens is 1. The van der Waals surface area contributed by atoms with Gasteiger partial charge in [-0.25, -0.2) is 4.98 Å². The second-order valence-electron chi connectivity index (χ2n) is 4.72. The standard InChI is InChI=1S/C16H15NO3S/c1-11-14(10-21(18)15-8-9-19-12(15)2)17-16(20-11)13-6-4-3-5-7-13/h3-9H,10H2,1-2H3/t21-/m1/s1. The molecule has 0 aliphatic heterocycles. The molecule has 0 saturated carbocycles. The van der Waals surface area contributed by atoms with Crippen molar-refractivity contribution >= 4 is 10.8 Å². The van der Waals surface area contributed by atoms with Crippen molar-refractivity contribution in [1.29, 1.82) is 0 Å². The Balaban J connectivity index is 1.86. The number of oxazole rings is 1. The predicted octanol–water partition coefficient (Wildman–Crippen LogP) is 3.86. The lowest BCUT2D eigenvalue weighted by Crippen LogP contribution is -1.98. The minimum absolute atomic E-state index is 0.322. The summed E-state index contributed by atoms with van der Waals surface area (Å²) >= 11 is 0. The molecule has 21 heavy (non-hydrogen) atoms. The number of rotatable bonds is 4. The summed E-state index contributed by atoms with van der Waals surface area (Å²) in [6.45, 7) is 3.65. The smallest absolute Gasteiger partial charge is 0.226 e. The molecule has 1 aromatic carbocycles. The molecule has 4 nitrogen and oxygen atoms in total. The Morgan fingerprint density at radius 3 is 2.52 bits per heavy atom. The maximum atomic E-state index is 12.4. The van der Waals surface area contributed by atoms with Crippen LogP contribution in [0.4, 0.5) is 0 Å². The van der Waals surface area contributed by atoms with E-state index in [1.807, 2.05) is 37.3 Å². The highest BCUT2D eigenvalue weighted by Gasteiger charge is 2.17. The first-order valence-corrected chi connectivity index (χ1v) is 7.91. The highest BCUT2D eigenvalue weighted by atomic mass is 32.2. The van der Waals surface area contributed by atoms with Gasteiger partial charge in [0.05, 0.1) is 33.4 Å². The quantitative estimate of drug-likeness (QED) is 0.734. The Bertz CT molecular complexity index is 774. The van der Waals surface area contributed by atoms with Gasteiger partial charge in [-0.05, 0) is 32.0 Å². The van der Waals surface area contributed by atoms with Gasteiger partial charge in [-0.15, -0.1) is 0 Å². The molecule has 0 fully saturated rings. The molecule has 3 rings (SSSR count). The van der Waals surface area contributed by atoms with Crippen LogP contribution < -0.4 is 0 Å². The van der Waals surface area contributed by atoms with Crippen molar-refractivity contribution < 1.29 is 13.0 Å². The molecule has 0 radical (unpaired) electrons. The van der Waals surface area contributed by atoms with Gasteiger partial charge >= 0.3 is 0 Å². The lowest BCUT2D eigenvalue weighted by Gasteiger charge is -1.98. The summed E-state index contributed by atoms with van der Waals surface area (Å²) in [6, 6.07) is 11.4. The summed E-state index contributed by atoms with van der Waals surface area (Å²) in [4.78, 5) is 5.18. The van der Waals surface area contributed by atoms with E-state index in [4.69, 9.17) is 8.83 Å². The minimum Gasteiger partial charge on any atom is -0.468 e. The zero-order chi connectivity index (χ0) is 14.8. The fourth-order valence-electron chi connectivity index (χ4n) is 2.08. The summed E-state index contributed by atoms with van der Waals surface area (Å²) in [5.41, 5.74) is 1.63. The second-order valence-corrected chi connectivity index (χ2v) is 6.14. The van der Waals surface area contributed by atoms with Gasteiger partial charge in [0.15, 0.2) is 0 Å². The van der Waals surface area contributed by atoms with Gasteiger partial charge in [-0.2, -0.15) is 0 Å². The number of nitrogens with zero attached hydrogens (tertiary/aromatic N) is 1. The summed E-state index contributed by atoms with van der Waals surface area (Å²) in [5, 5.41) is 0. The Morgan fingerprint density at radius 1 is 1.10 bits per heavy atom. The topological polar surface area (TPSA) is 56.2 Å². The average molecular weight is 301 g/mol. The highest BCUT2D eigenvalue weighted by molar-refractivity contribution is 7.84. The van der Waals surface area contributed by atoms with Crippen LogP contribution in [0.2, 0.25) is 0 Å². The third-order valence-corrected chi connectivity index (χ3v) is 4.69. The molecule has 2 heterocycles. The van der Waals surface area contributed by atoms with Crippen LogP contribution in [0.3, 0.4) is 0 Å². The zero-order valence-corrected chi connectivity index (χ0v) is 12.6. The first-order chi connectivity index (χ1) is 10.1. The van der Waals surface area contributed by atoms with Crippen molar-refractivity contribution in [3.8, 4) is 11.5 Å². The van der Waals surface area contributed by atoms with E-state index in [-0.39, 0.29) is 0 Å². The summed E-state index contributed by atoms with van der Waals surface area (Å²) < 4.78 is 23.2. The van der Waals surface area contributed by atoms with Gasteiger partial charge in [0.25, 0.3) is 0 Å². The third-order valence-electron chi connectivity index (χ3n) is 3.24. The van der Waals surface area contributed by atoms with E-state index in [2.05, 4.69) is 4.98 Å². The predicted molar refractivity (Wildman–Crippen MR) is 80.2 cm³/mol. The normalized spacial score (nSPS) is 12.5. The van der Waals surface area contributed by atoms with Crippen molar-refractivity contribution in [3.63, 3.8) is 0 Å². The molecule has 2 aromatic heterocycles. The molecule has 0 aliphatic rings. The third kappa shape index (κ3) is 2.83. The SMILES string of the molecule is Cc1occc1[S@](=O)Cc1nc(-c2ccccc2)oc1C. The van der Waals surface area contributed by atoms with E-state index < -0.39 is 10.8 Å². The highest BCUT2D eigenvalue weighted by Crippen LogP contribution is 2.24. The fraction of sp³-hybridized carbons (Fsp3) is 0.188. The Morgan fingerprint density at radius 2 is 1.86 bits per heavy atom. The van der Waals surface area contributed by atoms with Gasteiger partial charge in [0.2, 0.25) is 5.89 Å². The zero-order valence-electron chi connectivity index (χ0n) is 11.8. The number of benzene rings is 1. The lowest BCUT2D eigenvalue weighted by atomic mass is 10.2. The monoisotopic (exact) mass is 301 g/mol. The van der Waals surface area contributed by atoms with Gasteiger partial charge in [-0.3, -0.25) is 4.21 Å².